The molecule has 0 unspecified atom stereocenters. The quantitative estimate of drug-likeness (QED) is 0.140. The van der Waals surface area contributed by atoms with E-state index in [1.807, 2.05) is 19.1 Å². The number of nitrogens with zero attached hydrogens (tertiary/aromatic N) is 1. The summed E-state index contributed by atoms with van der Waals surface area (Å²) in [6.45, 7) is 8.57. The summed E-state index contributed by atoms with van der Waals surface area (Å²) in [7, 11) is 0. The molecule has 0 aliphatic heterocycles. The van der Waals surface area contributed by atoms with E-state index in [2.05, 4.69) is 183 Å². The number of aryl methyl sites for hydroxylation is 1. The van der Waals surface area contributed by atoms with E-state index in [9.17, 15) is 0 Å². The smallest absolute Gasteiger partial charge is 0.103 e. The molecule has 0 atom stereocenters. The zero-order valence-corrected chi connectivity index (χ0v) is 28.9. The summed E-state index contributed by atoms with van der Waals surface area (Å²) >= 11 is 0. The molecule has 0 saturated heterocycles. The SMILES string of the molecule is C=c1cccc/c1=C(/N=C(C)Nc1ccccc1-c1cc(-c2ccc(-c3ccccc3C)cc2)c2ccccc2c1)c1cccc2ccccc12. The van der Waals surface area contributed by atoms with Crippen molar-refractivity contribution >= 4 is 45.3 Å². The molecular weight excluding hydrogens is 617 g/mol. The van der Waals surface area contributed by atoms with Crippen molar-refractivity contribution in [1.82, 2.24) is 0 Å². The highest BCUT2D eigenvalue weighted by atomic mass is 15.0. The van der Waals surface area contributed by atoms with Crippen LogP contribution in [0.3, 0.4) is 0 Å². The molecule has 0 saturated carbocycles. The lowest BCUT2D eigenvalue weighted by atomic mass is 9.91. The molecule has 1 N–H and O–H groups in total. The van der Waals surface area contributed by atoms with E-state index in [1.165, 1.54) is 44.0 Å². The normalized spacial score (nSPS) is 12.2. The van der Waals surface area contributed by atoms with Crippen LogP contribution in [0, 0.1) is 6.92 Å². The summed E-state index contributed by atoms with van der Waals surface area (Å²) in [5, 5.41) is 10.4. The van der Waals surface area contributed by atoms with Crippen LogP contribution in [0.2, 0.25) is 0 Å². The number of aliphatic imine (C=N–C) groups is 1. The van der Waals surface area contributed by atoms with Crippen molar-refractivity contribution in [1.29, 1.82) is 0 Å². The number of fused-ring (bicyclic) bond motifs is 2. The van der Waals surface area contributed by atoms with Crippen molar-refractivity contribution < 1.29 is 0 Å². The second-order valence-corrected chi connectivity index (χ2v) is 13.0. The van der Waals surface area contributed by atoms with Crippen LogP contribution < -0.4 is 15.8 Å². The fourth-order valence-corrected chi connectivity index (χ4v) is 7.11. The van der Waals surface area contributed by atoms with Gasteiger partial charge in [0, 0.05) is 22.0 Å². The first-order valence-electron chi connectivity index (χ1n) is 17.4. The minimum Gasteiger partial charge on any atom is -0.343 e. The third kappa shape index (κ3) is 6.36. The van der Waals surface area contributed by atoms with Gasteiger partial charge in [-0.15, -0.1) is 0 Å². The zero-order chi connectivity index (χ0) is 34.7. The Morgan fingerprint density at radius 1 is 0.510 bits per heavy atom. The standard InChI is InChI=1S/C49H38N2/c1-33-15-4-8-20-41(33)37-27-29-38(30-28-37)47-32-40(31-39-18-7-11-23-44(39)47)45-24-12-13-26-48(45)50-35(3)51-49(42-21-9-5-16-34(42)2)46-25-14-19-36-17-6-10-22-43(36)46/h4-32H,2H2,1,3H3,(H,50,51)/b49-42-. The number of nitrogens with one attached hydrogen (secondary N) is 1. The Morgan fingerprint density at radius 3 is 1.90 bits per heavy atom. The molecule has 0 aromatic heterocycles. The van der Waals surface area contributed by atoms with Crippen molar-refractivity contribution in [2.24, 2.45) is 4.99 Å². The number of benzene rings is 8. The Bertz CT molecular complexity index is 2700. The molecule has 0 aliphatic carbocycles. The molecule has 8 rings (SSSR count). The van der Waals surface area contributed by atoms with Gasteiger partial charge in [-0.05, 0) is 92.2 Å². The maximum atomic E-state index is 5.29. The largest absolute Gasteiger partial charge is 0.343 e. The molecular formula is C49H38N2. The molecule has 0 aliphatic rings. The van der Waals surface area contributed by atoms with Crippen LogP contribution in [0.5, 0.6) is 0 Å². The lowest BCUT2D eigenvalue weighted by molar-refractivity contribution is 1.40. The van der Waals surface area contributed by atoms with Gasteiger partial charge in [-0.25, -0.2) is 4.99 Å². The van der Waals surface area contributed by atoms with Crippen LogP contribution in [-0.2, 0) is 0 Å². The monoisotopic (exact) mass is 654 g/mol. The molecule has 2 heteroatoms. The van der Waals surface area contributed by atoms with Gasteiger partial charge >= 0.3 is 0 Å². The average molecular weight is 655 g/mol. The lowest BCUT2D eigenvalue weighted by Gasteiger charge is -2.16. The first kappa shape index (κ1) is 31.7. The van der Waals surface area contributed by atoms with E-state index in [-0.39, 0.29) is 0 Å². The van der Waals surface area contributed by atoms with Gasteiger partial charge in [0.15, 0.2) is 0 Å². The van der Waals surface area contributed by atoms with Gasteiger partial charge in [-0.1, -0.05) is 164 Å². The molecule has 244 valence electrons. The van der Waals surface area contributed by atoms with Gasteiger partial charge in [0.1, 0.15) is 5.84 Å². The van der Waals surface area contributed by atoms with E-state index in [0.717, 1.165) is 49.7 Å². The van der Waals surface area contributed by atoms with Crippen molar-refractivity contribution in [3.63, 3.8) is 0 Å². The van der Waals surface area contributed by atoms with Gasteiger partial charge in [0.2, 0.25) is 0 Å². The Balaban J connectivity index is 1.22. The van der Waals surface area contributed by atoms with Crippen LogP contribution in [0.1, 0.15) is 18.1 Å². The number of anilines is 1. The number of rotatable bonds is 6. The Hall–Kier alpha value is -6.51. The van der Waals surface area contributed by atoms with Gasteiger partial charge in [-0.3, -0.25) is 0 Å². The zero-order valence-electron chi connectivity index (χ0n) is 28.9. The topological polar surface area (TPSA) is 24.4 Å². The van der Waals surface area contributed by atoms with Crippen LogP contribution >= 0.6 is 0 Å². The summed E-state index contributed by atoms with van der Waals surface area (Å²) in [5.74, 6) is 0.793. The van der Waals surface area contributed by atoms with E-state index in [4.69, 9.17) is 4.99 Å². The van der Waals surface area contributed by atoms with Crippen molar-refractivity contribution in [3.8, 4) is 33.4 Å². The highest BCUT2D eigenvalue weighted by Gasteiger charge is 2.13. The highest BCUT2D eigenvalue weighted by molar-refractivity contribution is 6.05. The summed E-state index contributed by atoms with van der Waals surface area (Å²) in [5.41, 5.74) is 11.4. The first-order chi connectivity index (χ1) is 25.0. The van der Waals surface area contributed by atoms with Crippen molar-refractivity contribution in [3.05, 3.63) is 197 Å². The minimum absolute atomic E-state index is 0.793. The van der Waals surface area contributed by atoms with E-state index < -0.39 is 0 Å². The summed E-state index contributed by atoms with van der Waals surface area (Å²) in [6.07, 6.45) is 0. The predicted octanol–water partition coefficient (Wildman–Crippen LogP) is 11.4. The molecule has 8 aromatic rings. The first-order valence-corrected chi connectivity index (χ1v) is 17.4. The maximum Gasteiger partial charge on any atom is 0.103 e. The van der Waals surface area contributed by atoms with Gasteiger partial charge in [0.25, 0.3) is 0 Å². The fourth-order valence-electron chi connectivity index (χ4n) is 7.11. The van der Waals surface area contributed by atoms with Crippen LogP contribution in [0.25, 0.3) is 67.2 Å². The minimum atomic E-state index is 0.793. The summed E-state index contributed by atoms with van der Waals surface area (Å²) in [4.78, 5) is 5.29. The number of hydrogen-bond acceptors (Lipinski definition) is 1. The number of para-hydroxylation sites is 1. The molecule has 0 bridgehead atoms. The number of hydrogen-bond donors (Lipinski definition) is 1. The number of amidine groups is 1. The third-order valence-electron chi connectivity index (χ3n) is 9.66. The molecule has 2 nitrogen and oxygen atoms in total. The van der Waals surface area contributed by atoms with Crippen LogP contribution in [0.15, 0.2) is 181 Å². The van der Waals surface area contributed by atoms with Crippen molar-refractivity contribution in [2.45, 2.75) is 13.8 Å². The Kier molecular flexibility index (Phi) is 8.57. The molecule has 51 heavy (non-hydrogen) atoms. The maximum absolute atomic E-state index is 5.29. The van der Waals surface area contributed by atoms with Gasteiger partial charge in [0.05, 0.1) is 5.70 Å². The fraction of sp³-hybridized carbons (Fsp3) is 0.0408. The Morgan fingerprint density at radius 2 is 1.12 bits per heavy atom. The van der Waals surface area contributed by atoms with Crippen LogP contribution in [0.4, 0.5) is 5.69 Å². The molecule has 0 radical (unpaired) electrons. The Labute approximate surface area is 299 Å². The second kappa shape index (κ2) is 13.8. The lowest BCUT2D eigenvalue weighted by Crippen LogP contribution is -2.25. The van der Waals surface area contributed by atoms with Gasteiger partial charge in [-0.2, -0.15) is 0 Å². The van der Waals surface area contributed by atoms with Crippen LogP contribution in [-0.4, -0.2) is 5.84 Å². The third-order valence-corrected chi connectivity index (χ3v) is 9.66. The summed E-state index contributed by atoms with van der Waals surface area (Å²) < 4.78 is 0. The van der Waals surface area contributed by atoms with E-state index in [0.29, 0.717) is 0 Å². The second-order valence-electron chi connectivity index (χ2n) is 13.0. The van der Waals surface area contributed by atoms with E-state index in [1.54, 1.807) is 0 Å². The molecule has 0 heterocycles. The van der Waals surface area contributed by atoms with E-state index >= 15 is 0 Å². The summed E-state index contributed by atoms with van der Waals surface area (Å²) in [6, 6.07) is 62.4. The average Bonchev–Trinajstić information content (AvgIpc) is 3.17. The molecule has 0 fully saturated rings. The molecule has 0 amide bonds. The predicted molar refractivity (Wildman–Crippen MR) is 219 cm³/mol. The van der Waals surface area contributed by atoms with Crippen molar-refractivity contribution in [2.75, 3.05) is 5.32 Å². The van der Waals surface area contributed by atoms with Gasteiger partial charge < -0.3 is 5.32 Å². The highest BCUT2D eigenvalue weighted by Crippen LogP contribution is 2.38. The molecule has 0 spiro atoms. The molecule has 8 aromatic carbocycles.